The van der Waals surface area contributed by atoms with Crippen LogP contribution in [0.2, 0.25) is 0 Å². The quantitative estimate of drug-likeness (QED) is 0.899. The maximum Gasteiger partial charge on any atom is 0.0956 e. The van der Waals surface area contributed by atoms with Crippen LogP contribution in [0, 0.1) is 5.92 Å². The van der Waals surface area contributed by atoms with Crippen LogP contribution in [0.3, 0.4) is 0 Å². The molecule has 4 heteroatoms. The van der Waals surface area contributed by atoms with Crippen molar-refractivity contribution in [1.82, 2.24) is 9.55 Å². The van der Waals surface area contributed by atoms with Crippen LogP contribution < -0.4 is 5.73 Å². The summed E-state index contributed by atoms with van der Waals surface area (Å²) >= 11 is 1.71. The number of imidazole rings is 1. The highest BCUT2D eigenvalue weighted by molar-refractivity contribution is 7.08. The van der Waals surface area contributed by atoms with E-state index in [-0.39, 0.29) is 5.54 Å². The Labute approximate surface area is 113 Å². The van der Waals surface area contributed by atoms with Crippen LogP contribution in [-0.4, -0.2) is 16.1 Å². The molecule has 18 heavy (non-hydrogen) atoms. The van der Waals surface area contributed by atoms with Crippen LogP contribution in [0.5, 0.6) is 0 Å². The van der Waals surface area contributed by atoms with Crippen molar-refractivity contribution in [3.05, 3.63) is 29.4 Å². The summed E-state index contributed by atoms with van der Waals surface area (Å²) in [5, 5.41) is 4.24. The summed E-state index contributed by atoms with van der Waals surface area (Å²) in [6.45, 7) is 7.30. The summed E-state index contributed by atoms with van der Waals surface area (Å²) in [6, 6.07) is 2.13. The number of hydrogen-bond acceptors (Lipinski definition) is 3. The molecule has 0 aliphatic carbocycles. The lowest BCUT2D eigenvalue weighted by atomic mass is 9.90. The van der Waals surface area contributed by atoms with Crippen LogP contribution in [0.25, 0.3) is 11.3 Å². The second kappa shape index (κ2) is 5.24. The van der Waals surface area contributed by atoms with E-state index >= 15 is 0 Å². The molecular formula is C14H21N3S. The summed E-state index contributed by atoms with van der Waals surface area (Å²) in [4.78, 5) is 4.31. The molecule has 0 spiro atoms. The van der Waals surface area contributed by atoms with E-state index in [4.69, 9.17) is 5.73 Å². The Hall–Kier alpha value is -1.13. The van der Waals surface area contributed by atoms with Gasteiger partial charge in [0.1, 0.15) is 0 Å². The Morgan fingerprint density at radius 3 is 2.83 bits per heavy atom. The number of nitrogens with zero attached hydrogens (tertiary/aromatic N) is 2. The first-order valence-corrected chi connectivity index (χ1v) is 7.26. The van der Waals surface area contributed by atoms with Crippen LogP contribution >= 0.6 is 11.3 Å². The molecule has 0 amide bonds. The number of hydrogen-bond donors (Lipinski definition) is 1. The van der Waals surface area contributed by atoms with E-state index in [1.54, 1.807) is 11.3 Å². The summed E-state index contributed by atoms with van der Waals surface area (Å²) in [5.74, 6) is 0.608. The highest BCUT2D eigenvalue weighted by Gasteiger charge is 2.28. The van der Waals surface area contributed by atoms with Gasteiger partial charge in [0, 0.05) is 17.5 Å². The van der Waals surface area contributed by atoms with Gasteiger partial charge in [-0.1, -0.05) is 13.8 Å². The third-order valence-electron chi connectivity index (χ3n) is 3.32. The van der Waals surface area contributed by atoms with Crippen molar-refractivity contribution < 1.29 is 0 Å². The van der Waals surface area contributed by atoms with Gasteiger partial charge in [0.25, 0.3) is 0 Å². The number of rotatable bonds is 5. The minimum absolute atomic E-state index is 0.0675. The Kier molecular flexibility index (Phi) is 3.88. The first-order valence-electron chi connectivity index (χ1n) is 6.32. The molecule has 0 saturated carbocycles. The van der Waals surface area contributed by atoms with Crippen molar-refractivity contribution in [1.29, 1.82) is 0 Å². The standard InChI is InChI=1S/C14H21N3S/c1-11(2)6-14(3,9-15)17-10-16-7-13(17)12-4-5-18-8-12/h4-5,7-8,10-11H,6,9,15H2,1-3H3. The molecule has 2 heterocycles. The van der Waals surface area contributed by atoms with E-state index in [0.29, 0.717) is 12.5 Å². The maximum atomic E-state index is 6.02. The highest BCUT2D eigenvalue weighted by atomic mass is 32.1. The number of aromatic nitrogens is 2. The summed E-state index contributed by atoms with van der Waals surface area (Å²) in [5.41, 5.74) is 8.34. The van der Waals surface area contributed by atoms with Gasteiger partial charge in [0.15, 0.2) is 0 Å². The third kappa shape index (κ3) is 2.49. The normalized spacial score (nSPS) is 14.9. The van der Waals surface area contributed by atoms with E-state index in [1.807, 2.05) is 12.5 Å². The molecule has 2 aromatic rings. The van der Waals surface area contributed by atoms with Gasteiger partial charge in [-0.15, -0.1) is 0 Å². The zero-order valence-electron chi connectivity index (χ0n) is 11.3. The first-order chi connectivity index (χ1) is 8.57. The fourth-order valence-corrected chi connectivity index (χ4v) is 3.16. The molecule has 0 bridgehead atoms. The van der Waals surface area contributed by atoms with Crippen molar-refractivity contribution >= 4 is 11.3 Å². The molecule has 2 rings (SSSR count). The Balaban J connectivity index is 2.41. The molecule has 2 N–H and O–H groups in total. The van der Waals surface area contributed by atoms with E-state index in [0.717, 1.165) is 12.1 Å². The van der Waals surface area contributed by atoms with Crippen LogP contribution in [-0.2, 0) is 5.54 Å². The zero-order valence-corrected chi connectivity index (χ0v) is 12.1. The fraction of sp³-hybridized carbons (Fsp3) is 0.500. The van der Waals surface area contributed by atoms with Crippen LogP contribution in [0.4, 0.5) is 0 Å². The fourth-order valence-electron chi connectivity index (χ4n) is 2.51. The van der Waals surface area contributed by atoms with Gasteiger partial charge in [-0.25, -0.2) is 4.98 Å². The molecule has 98 valence electrons. The Morgan fingerprint density at radius 2 is 2.28 bits per heavy atom. The van der Waals surface area contributed by atoms with Crippen molar-refractivity contribution in [3.8, 4) is 11.3 Å². The third-order valence-corrected chi connectivity index (χ3v) is 4.01. The number of nitrogens with two attached hydrogens (primary N) is 1. The van der Waals surface area contributed by atoms with Crippen LogP contribution in [0.1, 0.15) is 27.2 Å². The molecule has 2 aromatic heterocycles. The van der Waals surface area contributed by atoms with Gasteiger partial charge in [-0.05, 0) is 30.7 Å². The average Bonchev–Trinajstić information content (AvgIpc) is 2.98. The molecule has 3 nitrogen and oxygen atoms in total. The molecule has 0 saturated heterocycles. The largest absolute Gasteiger partial charge is 0.328 e. The van der Waals surface area contributed by atoms with Crippen molar-refractivity contribution in [2.24, 2.45) is 11.7 Å². The molecule has 0 fully saturated rings. The van der Waals surface area contributed by atoms with Gasteiger partial charge in [0.05, 0.1) is 23.8 Å². The Bertz CT molecular complexity index is 487. The highest BCUT2D eigenvalue weighted by Crippen LogP contribution is 2.31. The van der Waals surface area contributed by atoms with Gasteiger partial charge < -0.3 is 10.3 Å². The molecule has 0 aliphatic rings. The zero-order chi connectivity index (χ0) is 13.2. The van der Waals surface area contributed by atoms with Gasteiger partial charge in [-0.3, -0.25) is 0 Å². The minimum atomic E-state index is -0.0675. The van der Waals surface area contributed by atoms with Crippen molar-refractivity contribution in [2.45, 2.75) is 32.7 Å². The first kappa shape index (κ1) is 13.3. The van der Waals surface area contributed by atoms with E-state index in [1.165, 1.54) is 5.56 Å². The van der Waals surface area contributed by atoms with Gasteiger partial charge in [-0.2, -0.15) is 11.3 Å². The van der Waals surface area contributed by atoms with Crippen molar-refractivity contribution in [2.75, 3.05) is 6.54 Å². The lowest BCUT2D eigenvalue weighted by Gasteiger charge is -2.33. The second-order valence-corrected chi connectivity index (χ2v) is 6.24. The lowest BCUT2D eigenvalue weighted by molar-refractivity contribution is 0.267. The predicted molar refractivity (Wildman–Crippen MR) is 77.7 cm³/mol. The van der Waals surface area contributed by atoms with E-state index < -0.39 is 0 Å². The molecule has 1 atom stereocenters. The molecular weight excluding hydrogens is 242 g/mol. The van der Waals surface area contributed by atoms with Gasteiger partial charge >= 0.3 is 0 Å². The smallest absolute Gasteiger partial charge is 0.0956 e. The maximum absolute atomic E-state index is 6.02. The van der Waals surface area contributed by atoms with Crippen LogP contribution in [0.15, 0.2) is 29.4 Å². The molecule has 0 radical (unpaired) electrons. The second-order valence-electron chi connectivity index (χ2n) is 5.46. The van der Waals surface area contributed by atoms with Crippen molar-refractivity contribution in [3.63, 3.8) is 0 Å². The predicted octanol–water partition coefficient (Wildman–Crippen LogP) is 3.33. The van der Waals surface area contributed by atoms with Gasteiger partial charge in [0.2, 0.25) is 0 Å². The number of thiophene rings is 1. The average molecular weight is 263 g/mol. The minimum Gasteiger partial charge on any atom is -0.328 e. The SMILES string of the molecule is CC(C)CC(C)(CN)n1cncc1-c1ccsc1. The lowest BCUT2D eigenvalue weighted by Crippen LogP contribution is -2.39. The topological polar surface area (TPSA) is 43.8 Å². The van der Waals surface area contributed by atoms with E-state index in [2.05, 4.69) is 47.1 Å². The monoisotopic (exact) mass is 263 g/mol. The molecule has 0 aliphatic heterocycles. The van der Waals surface area contributed by atoms with E-state index in [9.17, 15) is 0 Å². The molecule has 1 unspecified atom stereocenters. The Morgan fingerprint density at radius 1 is 1.50 bits per heavy atom. The summed E-state index contributed by atoms with van der Waals surface area (Å²) < 4.78 is 2.23. The molecule has 0 aromatic carbocycles. The summed E-state index contributed by atoms with van der Waals surface area (Å²) in [6.07, 6.45) is 4.88. The summed E-state index contributed by atoms with van der Waals surface area (Å²) in [7, 11) is 0.